The minimum atomic E-state index is -0.221. The predicted molar refractivity (Wildman–Crippen MR) is 108 cm³/mol. The van der Waals surface area contributed by atoms with Gasteiger partial charge in [-0.3, -0.25) is 0 Å². The van der Waals surface area contributed by atoms with E-state index in [0.29, 0.717) is 23.3 Å². The zero-order valence-corrected chi connectivity index (χ0v) is 16.6. The van der Waals surface area contributed by atoms with Crippen molar-refractivity contribution >= 4 is 39.6 Å². The molecule has 0 aliphatic heterocycles. The third-order valence-electron chi connectivity index (χ3n) is 5.07. The SMILES string of the molecule is CCOC(=O)c1c(NC(=S)NC2CCCCCC2)sc2c1CCCC2. The van der Waals surface area contributed by atoms with Gasteiger partial charge < -0.3 is 15.4 Å². The van der Waals surface area contributed by atoms with Gasteiger partial charge in [-0.15, -0.1) is 11.3 Å². The number of hydrogen-bond acceptors (Lipinski definition) is 4. The zero-order chi connectivity index (χ0) is 17.6. The maximum Gasteiger partial charge on any atom is 0.341 e. The highest BCUT2D eigenvalue weighted by molar-refractivity contribution is 7.80. The van der Waals surface area contributed by atoms with Crippen molar-refractivity contribution in [2.24, 2.45) is 0 Å². The van der Waals surface area contributed by atoms with Gasteiger partial charge in [0.1, 0.15) is 5.00 Å². The van der Waals surface area contributed by atoms with Crippen molar-refractivity contribution in [1.29, 1.82) is 0 Å². The second-order valence-electron chi connectivity index (χ2n) is 6.92. The van der Waals surface area contributed by atoms with Gasteiger partial charge in [0.05, 0.1) is 12.2 Å². The lowest BCUT2D eigenvalue weighted by Gasteiger charge is -2.19. The summed E-state index contributed by atoms with van der Waals surface area (Å²) in [5.74, 6) is -0.221. The number of carbonyl (C=O) groups is 1. The van der Waals surface area contributed by atoms with Crippen molar-refractivity contribution in [2.75, 3.05) is 11.9 Å². The Labute approximate surface area is 159 Å². The Morgan fingerprint density at radius 1 is 1.16 bits per heavy atom. The lowest BCUT2D eigenvalue weighted by molar-refractivity contribution is 0.0526. The number of aryl methyl sites for hydroxylation is 1. The smallest absolute Gasteiger partial charge is 0.341 e. The lowest BCUT2D eigenvalue weighted by Crippen LogP contribution is -2.37. The Bertz CT molecular complexity index is 619. The van der Waals surface area contributed by atoms with Gasteiger partial charge in [-0.05, 0) is 63.2 Å². The summed E-state index contributed by atoms with van der Waals surface area (Å²) in [6, 6.07) is 0.447. The molecule has 0 unspecified atom stereocenters. The fourth-order valence-corrected chi connectivity index (χ4v) is 5.44. The van der Waals surface area contributed by atoms with Crippen LogP contribution >= 0.6 is 23.6 Å². The molecule has 1 aromatic heterocycles. The van der Waals surface area contributed by atoms with Crippen LogP contribution in [0.4, 0.5) is 5.00 Å². The van der Waals surface area contributed by atoms with Crippen molar-refractivity contribution in [3.63, 3.8) is 0 Å². The third-order valence-corrected chi connectivity index (χ3v) is 6.50. The molecule has 2 aliphatic carbocycles. The molecule has 25 heavy (non-hydrogen) atoms. The number of hydrogen-bond donors (Lipinski definition) is 2. The van der Waals surface area contributed by atoms with Crippen LogP contribution in [0.25, 0.3) is 0 Å². The number of nitrogens with one attached hydrogen (secondary N) is 2. The number of thiocarbonyl (C=S) groups is 1. The van der Waals surface area contributed by atoms with Crippen LogP contribution in [0.5, 0.6) is 0 Å². The summed E-state index contributed by atoms with van der Waals surface area (Å²) in [6.07, 6.45) is 11.9. The van der Waals surface area contributed by atoms with E-state index < -0.39 is 0 Å². The molecule has 1 aromatic rings. The average molecular weight is 381 g/mol. The van der Waals surface area contributed by atoms with Crippen LogP contribution in [0.2, 0.25) is 0 Å². The first-order valence-corrected chi connectivity index (χ1v) is 10.8. The molecule has 0 amide bonds. The minimum Gasteiger partial charge on any atom is -0.462 e. The van der Waals surface area contributed by atoms with Crippen molar-refractivity contribution in [2.45, 2.75) is 77.2 Å². The summed E-state index contributed by atoms with van der Waals surface area (Å²) in [5.41, 5.74) is 1.89. The van der Waals surface area contributed by atoms with E-state index in [-0.39, 0.29) is 5.97 Å². The Hall–Kier alpha value is -1.14. The molecule has 138 valence electrons. The summed E-state index contributed by atoms with van der Waals surface area (Å²) < 4.78 is 5.31. The van der Waals surface area contributed by atoms with Crippen molar-refractivity contribution < 1.29 is 9.53 Å². The van der Waals surface area contributed by atoms with Crippen molar-refractivity contribution in [3.05, 3.63) is 16.0 Å². The van der Waals surface area contributed by atoms with Crippen LogP contribution in [0.15, 0.2) is 0 Å². The molecule has 2 N–H and O–H groups in total. The maximum absolute atomic E-state index is 12.5. The Morgan fingerprint density at radius 2 is 1.88 bits per heavy atom. The van der Waals surface area contributed by atoms with E-state index in [1.165, 1.54) is 55.4 Å². The molecule has 0 bridgehead atoms. The Kier molecular flexibility index (Phi) is 6.70. The minimum absolute atomic E-state index is 0.221. The van der Waals surface area contributed by atoms with Crippen molar-refractivity contribution in [3.8, 4) is 0 Å². The third kappa shape index (κ3) is 4.73. The van der Waals surface area contributed by atoms with Gasteiger partial charge in [-0.25, -0.2) is 4.79 Å². The largest absolute Gasteiger partial charge is 0.462 e. The van der Waals surface area contributed by atoms with E-state index in [9.17, 15) is 4.79 Å². The Balaban J connectivity index is 1.73. The number of ether oxygens (including phenoxy) is 1. The standard InChI is InChI=1S/C19H28N2O2S2/c1-2-23-18(22)16-14-11-7-8-12-15(14)25-17(16)21-19(24)20-13-9-5-3-4-6-10-13/h13H,2-12H2,1H3,(H2,20,21,24). The molecule has 6 heteroatoms. The first kappa shape index (κ1) is 18.6. The quantitative estimate of drug-likeness (QED) is 0.446. The summed E-state index contributed by atoms with van der Waals surface area (Å²) in [4.78, 5) is 13.8. The maximum atomic E-state index is 12.5. The van der Waals surface area contributed by atoms with Gasteiger partial charge in [0.25, 0.3) is 0 Å². The Morgan fingerprint density at radius 3 is 2.60 bits per heavy atom. The summed E-state index contributed by atoms with van der Waals surface area (Å²) >= 11 is 7.22. The second kappa shape index (κ2) is 8.99. The number of rotatable bonds is 4. The van der Waals surface area contributed by atoms with E-state index in [0.717, 1.165) is 24.3 Å². The number of esters is 1. The molecular formula is C19H28N2O2S2. The summed E-state index contributed by atoms with van der Waals surface area (Å²) in [7, 11) is 0. The molecule has 0 atom stereocenters. The molecule has 2 aliphatic rings. The fraction of sp³-hybridized carbons (Fsp3) is 0.684. The first-order valence-electron chi connectivity index (χ1n) is 9.58. The molecule has 1 fully saturated rings. The molecule has 0 saturated heterocycles. The lowest BCUT2D eigenvalue weighted by atomic mass is 9.95. The molecule has 3 rings (SSSR count). The number of fused-ring (bicyclic) bond motifs is 1. The van der Waals surface area contributed by atoms with E-state index in [1.54, 1.807) is 11.3 Å². The highest BCUT2D eigenvalue weighted by atomic mass is 32.1. The molecule has 1 saturated carbocycles. The molecule has 0 radical (unpaired) electrons. The number of anilines is 1. The van der Waals surface area contributed by atoms with Crippen LogP contribution in [-0.2, 0) is 17.6 Å². The first-order chi connectivity index (χ1) is 12.2. The normalized spacial score (nSPS) is 18.1. The van der Waals surface area contributed by atoms with E-state index in [1.807, 2.05) is 6.92 Å². The van der Waals surface area contributed by atoms with Crippen LogP contribution in [0, 0.1) is 0 Å². The van der Waals surface area contributed by atoms with Gasteiger partial charge >= 0.3 is 5.97 Å². The highest BCUT2D eigenvalue weighted by Crippen LogP contribution is 2.38. The molecule has 0 spiro atoms. The van der Waals surface area contributed by atoms with Gasteiger partial charge in [0.15, 0.2) is 5.11 Å². The monoisotopic (exact) mass is 380 g/mol. The number of carbonyl (C=O) groups excluding carboxylic acids is 1. The second-order valence-corrected chi connectivity index (χ2v) is 8.44. The van der Waals surface area contributed by atoms with E-state index >= 15 is 0 Å². The molecule has 0 aromatic carbocycles. The van der Waals surface area contributed by atoms with Crippen LogP contribution < -0.4 is 10.6 Å². The summed E-state index contributed by atoms with van der Waals surface area (Å²) in [6.45, 7) is 2.25. The molecular weight excluding hydrogens is 352 g/mol. The highest BCUT2D eigenvalue weighted by Gasteiger charge is 2.27. The van der Waals surface area contributed by atoms with E-state index in [4.69, 9.17) is 17.0 Å². The molecule has 1 heterocycles. The molecule has 4 nitrogen and oxygen atoms in total. The number of thiophene rings is 1. The fourth-order valence-electron chi connectivity index (χ4n) is 3.82. The van der Waals surface area contributed by atoms with E-state index in [2.05, 4.69) is 10.6 Å². The van der Waals surface area contributed by atoms with Gasteiger partial charge in [-0.2, -0.15) is 0 Å². The van der Waals surface area contributed by atoms with Gasteiger partial charge in [-0.1, -0.05) is 25.7 Å². The van der Waals surface area contributed by atoms with Gasteiger partial charge in [0, 0.05) is 10.9 Å². The van der Waals surface area contributed by atoms with Crippen molar-refractivity contribution in [1.82, 2.24) is 5.32 Å². The van der Waals surface area contributed by atoms with Crippen LogP contribution in [0.1, 0.15) is 79.1 Å². The zero-order valence-electron chi connectivity index (χ0n) is 15.0. The topological polar surface area (TPSA) is 50.4 Å². The average Bonchev–Trinajstić information content (AvgIpc) is 2.75. The van der Waals surface area contributed by atoms with Crippen LogP contribution in [-0.4, -0.2) is 23.7 Å². The van der Waals surface area contributed by atoms with Gasteiger partial charge in [0.2, 0.25) is 0 Å². The predicted octanol–water partition coefficient (Wildman–Crippen LogP) is 4.81. The summed E-state index contributed by atoms with van der Waals surface area (Å²) in [5, 5.41) is 8.27. The van der Waals surface area contributed by atoms with Crippen LogP contribution in [0.3, 0.4) is 0 Å².